The molecule has 8 aromatic rings. The minimum absolute atomic E-state index is 0.795. The number of imidazole rings is 2. The molecule has 19 heteroatoms. The molecule has 1 N–H and O–H groups in total. The third-order valence-corrected chi connectivity index (χ3v) is 15.1. The van der Waals surface area contributed by atoms with Crippen LogP contribution in [0, 0.1) is 0 Å². The number of aromatic nitrogens is 6. The van der Waals surface area contributed by atoms with Crippen molar-refractivity contribution in [3.8, 4) is 5.75 Å². The highest BCUT2D eigenvalue weighted by atomic mass is 16.5. The fourth-order valence-electron chi connectivity index (χ4n) is 10.0. The van der Waals surface area contributed by atoms with E-state index in [1.807, 2.05) is 155 Å². The zero-order valence-electron chi connectivity index (χ0n) is 51.8. The first-order valence-corrected chi connectivity index (χ1v) is 30.6. The first-order chi connectivity index (χ1) is 42.1. The summed E-state index contributed by atoms with van der Waals surface area (Å²) in [7, 11) is 13.8. The fourth-order valence-corrected chi connectivity index (χ4v) is 10.0. The molecule has 2 saturated heterocycles. The van der Waals surface area contributed by atoms with E-state index in [0.29, 0.717) is 0 Å². The van der Waals surface area contributed by atoms with Gasteiger partial charge in [-0.25, -0.2) is 27.4 Å². The van der Waals surface area contributed by atoms with Crippen molar-refractivity contribution >= 4 is 63.3 Å². The van der Waals surface area contributed by atoms with E-state index in [-0.39, 0.29) is 0 Å². The van der Waals surface area contributed by atoms with Gasteiger partial charge in [-0.1, -0.05) is 35.2 Å². The van der Waals surface area contributed by atoms with Gasteiger partial charge < -0.3 is 24.8 Å². The smallest absolute Gasteiger partial charge is 0.421 e. The summed E-state index contributed by atoms with van der Waals surface area (Å²) < 4.78 is 17.9. The van der Waals surface area contributed by atoms with E-state index < -0.39 is 0 Å². The highest BCUT2D eigenvalue weighted by Gasteiger charge is 2.18. The summed E-state index contributed by atoms with van der Waals surface area (Å²) in [5, 5.41) is 39.2. The topological polar surface area (TPSA) is 155 Å². The Bertz CT molecular complexity index is 3370. The van der Waals surface area contributed by atoms with E-state index in [0.717, 1.165) is 154 Å². The molecule has 4 aromatic heterocycles. The summed E-state index contributed by atoms with van der Waals surface area (Å²) in [6, 6.07) is 44.3. The van der Waals surface area contributed by atoms with E-state index in [2.05, 4.69) is 146 Å². The van der Waals surface area contributed by atoms with Gasteiger partial charge in [-0.15, -0.1) is 0 Å². The highest BCUT2D eigenvalue weighted by molar-refractivity contribution is 5.54. The normalized spacial score (nSPS) is 13.2. The molecule has 2 aliphatic rings. The largest absolute Gasteiger partial charge is 0.497 e. The van der Waals surface area contributed by atoms with Crippen LogP contribution < -0.4 is 43.0 Å². The first kappa shape index (κ1) is 63.2. The molecule has 0 aliphatic carbocycles. The number of anilines is 3. The Morgan fingerprint density at radius 2 is 0.849 bits per heavy atom. The lowest BCUT2D eigenvalue weighted by atomic mass is 10.2. The lowest BCUT2D eigenvalue weighted by Crippen LogP contribution is -2.33. The number of azo groups is 4. The predicted octanol–water partition coefficient (Wildman–Crippen LogP) is 14.5. The number of unbranched alkanes of at least 4 members (excludes halogenated alkanes) is 6. The third-order valence-electron chi connectivity index (χ3n) is 15.1. The summed E-state index contributed by atoms with van der Waals surface area (Å²) in [4.78, 5) is 6.57. The van der Waals surface area contributed by atoms with Gasteiger partial charge in [-0.3, -0.25) is 0 Å². The summed E-state index contributed by atoms with van der Waals surface area (Å²) in [6.07, 6.45) is 26.6. The van der Waals surface area contributed by atoms with Crippen molar-refractivity contribution in [2.24, 2.45) is 55.0 Å². The van der Waals surface area contributed by atoms with E-state index in [4.69, 9.17) is 4.74 Å². The highest BCUT2D eigenvalue weighted by Crippen LogP contribution is 2.26. The fraction of sp³-hybridized carbons (Fsp3) is 0.403. The molecule has 0 amide bonds. The van der Waals surface area contributed by atoms with Crippen LogP contribution in [-0.2, 0) is 40.3 Å². The van der Waals surface area contributed by atoms with E-state index in [1.54, 1.807) is 7.11 Å². The van der Waals surface area contributed by atoms with Crippen molar-refractivity contribution in [2.45, 2.75) is 103 Å². The lowest BCUT2D eigenvalue weighted by Gasteiger charge is -2.16. The molecule has 0 unspecified atom stereocenters. The Kier molecular flexibility index (Phi) is 25.1. The van der Waals surface area contributed by atoms with Gasteiger partial charge in [0.2, 0.25) is 0 Å². The van der Waals surface area contributed by atoms with Crippen LogP contribution in [0.3, 0.4) is 0 Å². The SMILES string of the molecule is C1CCNC1.CN(C)c1ccc(N=Nc2cccc[n+]2CCCCCCn2cc[n+](C)c2N=Nc2ccc(N3CCCC3)cc2)cc1.COc1ccc(N=Nc2n(CCCCCC[n+]3ccccc3N=Nc3ccc(N(C)C)cc3)cc[n+]2C)cc1. The van der Waals surface area contributed by atoms with Crippen LogP contribution in [0.2, 0.25) is 0 Å². The second kappa shape index (κ2) is 34.2. The summed E-state index contributed by atoms with van der Waals surface area (Å²) in [6.45, 7) is 8.46. The average Bonchev–Trinajstić information content (AvgIpc) is 4.58. The average molecular weight is 1160 g/mol. The molecule has 450 valence electrons. The Balaban J connectivity index is 0.000000207. The van der Waals surface area contributed by atoms with Crippen molar-refractivity contribution in [3.05, 3.63) is 171 Å². The number of aryl methyl sites for hydroxylation is 6. The second-order valence-electron chi connectivity index (χ2n) is 22.1. The van der Waals surface area contributed by atoms with Gasteiger partial charge in [-0.05, 0) is 197 Å². The Morgan fingerprint density at radius 1 is 0.442 bits per heavy atom. The summed E-state index contributed by atoms with van der Waals surface area (Å²) in [5.74, 6) is 4.23. The van der Waals surface area contributed by atoms with Gasteiger partial charge in [0, 0.05) is 80.7 Å². The maximum Gasteiger partial charge on any atom is 0.421 e. The molecule has 10 rings (SSSR count). The molecule has 4 aromatic carbocycles. The van der Waals surface area contributed by atoms with Crippen LogP contribution in [-0.4, -0.2) is 70.6 Å². The van der Waals surface area contributed by atoms with Crippen molar-refractivity contribution < 1.29 is 23.0 Å². The van der Waals surface area contributed by atoms with Gasteiger partial charge in [-0.2, -0.15) is 0 Å². The lowest BCUT2D eigenvalue weighted by molar-refractivity contribution is -0.685. The number of nitrogens with one attached hydrogen (secondary N) is 1. The zero-order valence-corrected chi connectivity index (χ0v) is 51.8. The molecule has 2 fully saturated rings. The number of rotatable bonds is 26. The van der Waals surface area contributed by atoms with Crippen molar-refractivity contribution in [1.29, 1.82) is 0 Å². The number of pyridine rings is 2. The number of nitrogens with zero attached hydrogens (tertiary/aromatic N) is 17. The van der Waals surface area contributed by atoms with Gasteiger partial charge >= 0.3 is 23.5 Å². The number of methoxy groups -OCH3 is 1. The standard InChI is InChI=1S/C33H43N9.C30H38N8O.C4H9N/c1-38(2)30-17-13-28(14-18-30)34-36-32-12-6-9-24-41(32)23-7-4-5-8-25-42-27-26-39(3)33(42)37-35-29-15-19-31(20-16-29)40-21-10-11-22-40;1-35(2)27-16-12-25(13-17-27)31-33-29-11-7-10-21-37(29)20-8-5-6-9-22-38-24-23-36(3)30(38)34-32-26-14-18-28(39-4)19-15-26;1-2-4-5-3-1/h6,9,12-20,24,26-27H,4-5,7-8,10-11,21-23,25H2,1-3H3;7,10-19,21,23-24H,5-6,8-9,20,22H2,1-4H3;5H,1-4H2/q2*+2;. The van der Waals surface area contributed by atoms with Crippen LogP contribution in [0.25, 0.3) is 0 Å². The number of hydrogen-bond donors (Lipinski definition) is 1. The van der Waals surface area contributed by atoms with E-state index in [9.17, 15) is 0 Å². The first-order valence-electron chi connectivity index (χ1n) is 30.6. The second-order valence-corrected chi connectivity index (χ2v) is 22.1. The van der Waals surface area contributed by atoms with Gasteiger partial charge in [0.1, 0.15) is 28.5 Å². The quantitative estimate of drug-likeness (QED) is 0.0325. The molecule has 19 nitrogen and oxygen atoms in total. The van der Waals surface area contributed by atoms with Gasteiger partial charge in [0.25, 0.3) is 0 Å². The number of benzene rings is 4. The molecule has 6 heterocycles. The van der Waals surface area contributed by atoms with E-state index in [1.165, 1.54) is 44.5 Å². The monoisotopic (exact) mass is 1160 g/mol. The molecular formula is C67H90N18O+4. The molecular weight excluding hydrogens is 1070 g/mol. The van der Waals surface area contributed by atoms with Crippen LogP contribution in [0.4, 0.5) is 63.3 Å². The van der Waals surface area contributed by atoms with Crippen LogP contribution in [0.1, 0.15) is 77.0 Å². The summed E-state index contributed by atoms with van der Waals surface area (Å²) in [5.41, 5.74) is 6.93. The van der Waals surface area contributed by atoms with E-state index >= 15 is 0 Å². The van der Waals surface area contributed by atoms with Crippen LogP contribution in [0.5, 0.6) is 5.75 Å². The Morgan fingerprint density at radius 3 is 1.26 bits per heavy atom. The molecule has 2 aliphatic heterocycles. The maximum absolute atomic E-state index is 5.21. The molecule has 0 atom stereocenters. The van der Waals surface area contributed by atoms with Crippen molar-refractivity contribution in [2.75, 3.05) is 76.2 Å². The molecule has 0 radical (unpaired) electrons. The summed E-state index contributed by atoms with van der Waals surface area (Å²) >= 11 is 0. The minimum Gasteiger partial charge on any atom is -0.497 e. The molecule has 0 saturated carbocycles. The minimum atomic E-state index is 0.795. The van der Waals surface area contributed by atoms with Crippen molar-refractivity contribution in [1.82, 2.24) is 14.5 Å². The third kappa shape index (κ3) is 20.2. The number of ether oxygens (including phenoxy) is 1. The van der Waals surface area contributed by atoms with Crippen LogP contribution in [0.15, 0.2) is 212 Å². The number of hydrogen-bond acceptors (Lipinski definition) is 13. The zero-order chi connectivity index (χ0) is 60.1. The van der Waals surface area contributed by atoms with Crippen LogP contribution >= 0.6 is 0 Å². The van der Waals surface area contributed by atoms with Gasteiger partial charge in [0.05, 0.1) is 94.8 Å². The molecule has 86 heavy (non-hydrogen) atoms. The maximum atomic E-state index is 5.21. The van der Waals surface area contributed by atoms with Gasteiger partial charge in [0.15, 0.2) is 0 Å². The Labute approximate surface area is 509 Å². The molecule has 0 bridgehead atoms. The Hall–Kier alpha value is -8.84. The van der Waals surface area contributed by atoms with Crippen molar-refractivity contribution in [3.63, 3.8) is 0 Å². The molecule has 0 spiro atoms. The predicted molar refractivity (Wildman–Crippen MR) is 343 cm³/mol.